The summed E-state index contributed by atoms with van der Waals surface area (Å²) in [5.41, 5.74) is 19.8. The molecule has 0 fully saturated rings. The quantitative estimate of drug-likeness (QED) is 0.110. The fourth-order valence-corrected chi connectivity index (χ4v) is 8.24. The SMILES string of the molecule is CCC(C)c1ccc(CNc2ccc(C(c3ccc(Nc4c(C)cc(C)cc4C)cc3)c3ccc(Nc4c(C)cc(C)cc4C)cc3)c3ccccc23)cc1. The van der Waals surface area contributed by atoms with Gasteiger partial charge in [-0.15, -0.1) is 0 Å². The van der Waals surface area contributed by atoms with Crippen molar-refractivity contribution in [3.63, 3.8) is 0 Å². The topological polar surface area (TPSA) is 36.1 Å². The Morgan fingerprint density at radius 2 is 0.945 bits per heavy atom. The maximum absolute atomic E-state index is 3.78. The summed E-state index contributed by atoms with van der Waals surface area (Å²) < 4.78 is 0. The molecule has 0 aliphatic carbocycles. The molecule has 0 amide bonds. The summed E-state index contributed by atoms with van der Waals surface area (Å²) in [5.74, 6) is 0.607. The smallest absolute Gasteiger partial charge is 0.0443 e. The molecule has 55 heavy (non-hydrogen) atoms. The lowest BCUT2D eigenvalue weighted by atomic mass is 9.82. The highest BCUT2D eigenvalue weighted by Gasteiger charge is 2.21. The van der Waals surface area contributed by atoms with Crippen molar-refractivity contribution in [3.05, 3.63) is 195 Å². The van der Waals surface area contributed by atoms with E-state index in [1.165, 1.54) is 83.3 Å². The van der Waals surface area contributed by atoms with Gasteiger partial charge in [-0.3, -0.25) is 0 Å². The van der Waals surface area contributed by atoms with E-state index in [4.69, 9.17) is 0 Å². The van der Waals surface area contributed by atoms with Gasteiger partial charge in [0, 0.05) is 46.3 Å². The number of benzene rings is 7. The summed E-state index contributed by atoms with van der Waals surface area (Å²) in [6.45, 7) is 18.4. The monoisotopic (exact) mass is 721 g/mol. The fraction of sp³-hybridized carbons (Fsp3) is 0.231. The molecule has 7 aromatic carbocycles. The average Bonchev–Trinajstić information content (AvgIpc) is 3.18. The van der Waals surface area contributed by atoms with Crippen molar-refractivity contribution in [3.8, 4) is 0 Å². The van der Waals surface area contributed by atoms with Crippen molar-refractivity contribution in [2.75, 3.05) is 16.0 Å². The van der Waals surface area contributed by atoms with Crippen molar-refractivity contribution in [1.82, 2.24) is 0 Å². The lowest BCUT2D eigenvalue weighted by Gasteiger charge is -2.23. The van der Waals surface area contributed by atoms with E-state index in [0.29, 0.717) is 5.92 Å². The van der Waals surface area contributed by atoms with Crippen LogP contribution in [0.4, 0.5) is 28.4 Å². The Bertz CT molecular complexity index is 2270. The zero-order valence-corrected chi connectivity index (χ0v) is 33.8. The molecule has 0 radical (unpaired) electrons. The van der Waals surface area contributed by atoms with E-state index < -0.39 is 0 Å². The van der Waals surface area contributed by atoms with Crippen molar-refractivity contribution in [1.29, 1.82) is 0 Å². The standard InChI is InChI=1S/C52H55N3/c1-9-35(4)41-16-14-40(15-17-41)32-53-49-27-26-48(46-12-10-11-13-47(46)49)50(42-18-22-44(23-19-42)54-51-36(5)28-33(2)29-37(51)6)43-20-24-45(25-21-43)55-52-38(7)30-34(3)31-39(52)8/h10-31,35,50,53-55H,9,32H2,1-8H3. The molecule has 0 saturated heterocycles. The van der Waals surface area contributed by atoms with E-state index in [-0.39, 0.29) is 5.92 Å². The molecule has 0 saturated carbocycles. The number of anilines is 5. The van der Waals surface area contributed by atoms with Gasteiger partial charge in [-0.25, -0.2) is 0 Å². The van der Waals surface area contributed by atoms with Gasteiger partial charge in [-0.05, 0) is 140 Å². The number of hydrogen-bond donors (Lipinski definition) is 3. The van der Waals surface area contributed by atoms with Crippen LogP contribution < -0.4 is 16.0 Å². The summed E-state index contributed by atoms with van der Waals surface area (Å²) in [5, 5.41) is 13.7. The maximum atomic E-state index is 3.78. The van der Waals surface area contributed by atoms with Gasteiger partial charge in [0.15, 0.2) is 0 Å². The van der Waals surface area contributed by atoms with Crippen molar-refractivity contribution in [2.45, 2.75) is 80.2 Å². The molecule has 0 bridgehead atoms. The number of rotatable bonds is 12. The van der Waals surface area contributed by atoms with Crippen LogP contribution >= 0.6 is 0 Å². The zero-order valence-electron chi connectivity index (χ0n) is 33.8. The van der Waals surface area contributed by atoms with Crippen LogP contribution in [0.15, 0.2) is 133 Å². The molecule has 7 rings (SSSR count). The number of hydrogen-bond acceptors (Lipinski definition) is 3. The first kappa shape index (κ1) is 37.5. The minimum absolute atomic E-state index is 0.0286. The zero-order chi connectivity index (χ0) is 38.6. The predicted octanol–water partition coefficient (Wildman–Crippen LogP) is 14.5. The molecular formula is C52H55N3. The minimum Gasteiger partial charge on any atom is -0.380 e. The van der Waals surface area contributed by atoms with E-state index in [9.17, 15) is 0 Å². The van der Waals surface area contributed by atoms with Crippen LogP contribution in [0.2, 0.25) is 0 Å². The van der Waals surface area contributed by atoms with Crippen LogP contribution in [0.5, 0.6) is 0 Å². The maximum Gasteiger partial charge on any atom is 0.0443 e. The summed E-state index contributed by atoms with van der Waals surface area (Å²) in [7, 11) is 0. The van der Waals surface area contributed by atoms with Crippen LogP contribution in [0.25, 0.3) is 10.8 Å². The third-order valence-corrected chi connectivity index (χ3v) is 11.3. The largest absolute Gasteiger partial charge is 0.380 e. The first-order valence-electron chi connectivity index (χ1n) is 19.8. The number of aryl methyl sites for hydroxylation is 6. The highest BCUT2D eigenvalue weighted by atomic mass is 14.9. The van der Waals surface area contributed by atoms with E-state index in [1.807, 2.05) is 0 Å². The van der Waals surface area contributed by atoms with Crippen LogP contribution in [-0.2, 0) is 6.54 Å². The fourth-order valence-electron chi connectivity index (χ4n) is 8.24. The highest BCUT2D eigenvalue weighted by Crippen LogP contribution is 2.40. The van der Waals surface area contributed by atoms with Gasteiger partial charge in [-0.1, -0.05) is 128 Å². The molecule has 0 heterocycles. The second-order valence-electron chi connectivity index (χ2n) is 15.6. The Balaban J connectivity index is 1.24. The molecule has 7 aromatic rings. The molecule has 0 aromatic heterocycles. The second kappa shape index (κ2) is 16.3. The third kappa shape index (κ3) is 8.32. The van der Waals surface area contributed by atoms with E-state index >= 15 is 0 Å². The van der Waals surface area contributed by atoms with Gasteiger partial charge >= 0.3 is 0 Å². The van der Waals surface area contributed by atoms with Gasteiger partial charge < -0.3 is 16.0 Å². The minimum atomic E-state index is 0.0286. The highest BCUT2D eigenvalue weighted by molar-refractivity contribution is 5.97. The van der Waals surface area contributed by atoms with Gasteiger partial charge in [-0.2, -0.15) is 0 Å². The van der Waals surface area contributed by atoms with Crippen molar-refractivity contribution < 1.29 is 0 Å². The van der Waals surface area contributed by atoms with Crippen molar-refractivity contribution >= 4 is 39.2 Å². The van der Waals surface area contributed by atoms with Gasteiger partial charge in [0.25, 0.3) is 0 Å². The summed E-state index contributed by atoms with van der Waals surface area (Å²) in [6, 6.07) is 49.6. The molecule has 0 aliphatic heterocycles. The molecule has 3 N–H and O–H groups in total. The molecule has 1 atom stereocenters. The van der Waals surface area contributed by atoms with Crippen LogP contribution in [0.3, 0.4) is 0 Å². The lowest BCUT2D eigenvalue weighted by molar-refractivity contribution is 0.733. The van der Waals surface area contributed by atoms with Gasteiger partial charge in [0.2, 0.25) is 0 Å². The number of fused-ring (bicyclic) bond motifs is 1. The first-order chi connectivity index (χ1) is 26.6. The second-order valence-corrected chi connectivity index (χ2v) is 15.6. The predicted molar refractivity (Wildman–Crippen MR) is 238 cm³/mol. The van der Waals surface area contributed by atoms with Crippen LogP contribution in [0, 0.1) is 41.5 Å². The summed E-state index contributed by atoms with van der Waals surface area (Å²) >= 11 is 0. The lowest BCUT2D eigenvalue weighted by Crippen LogP contribution is -2.07. The van der Waals surface area contributed by atoms with Crippen LogP contribution in [0.1, 0.15) is 93.3 Å². The molecule has 3 nitrogen and oxygen atoms in total. The first-order valence-corrected chi connectivity index (χ1v) is 19.8. The molecule has 1 unspecified atom stereocenters. The Labute approximate surface area is 328 Å². The average molecular weight is 722 g/mol. The molecule has 0 spiro atoms. The third-order valence-electron chi connectivity index (χ3n) is 11.3. The van der Waals surface area contributed by atoms with Crippen molar-refractivity contribution in [2.24, 2.45) is 0 Å². The van der Waals surface area contributed by atoms with E-state index in [0.717, 1.165) is 30.0 Å². The summed E-state index contributed by atoms with van der Waals surface area (Å²) in [4.78, 5) is 0. The van der Waals surface area contributed by atoms with Crippen LogP contribution in [-0.4, -0.2) is 0 Å². The Kier molecular flexibility index (Phi) is 11.1. The van der Waals surface area contributed by atoms with Gasteiger partial charge in [0.1, 0.15) is 0 Å². The molecule has 3 heteroatoms. The Morgan fingerprint density at radius 1 is 0.491 bits per heavy atom. The normalized spacial score (nSPS) is 11.9. The number of nitrogens with one attached hydrogen (secondary N) is 3. The summed E-state index contributed by atoms with van der Waals surface area (Å²) in [6.07, 6.45) is 1.15. The van der Waals surface area contributed by atoms with E-state index in [2.05, 4.69) is 205 Å². The van der Waals surface area contributed by atoms with Gasteiger partial charge in [0.05, 0.1) is 0 Å². The van der Waals surface area contributed by atoms with E-state index in [1.54, 1.807) is 0 Å². The molecule has 278 valence electrons. The molecule has 0 aliphatic rings. The Hall–Kier alpha value is -5.80. The Morgan fingerprint density at radius 3 is 1.42 bits per heavy atom. The molecular weight excluding hydrogens is 667 g/mol.